The number of nitrogens with one attached hydrogen (secondary N) is 1. The average Bonchev–Trinajstić information content (AvgIpc) is 3.27. The number of rotatable bonds is 4. The van der Waals surface area contributed by atoms with E-state index in [4.69, 9.17) is 15.2 Å². The fraction of sp³-hybridized carbons (Fsp3) is 0.360. The minimum atomic E-state index is -0.546. The third kappa shape index (κ3) is 3.62. The van der Waals surface area contributed by atoms with E-state index in [2.05, 4.69) is 15.2 Å². The molecule has 1 fully saturated rings. The highest BCUT2D eigenvalue weighted by molar-refractivity contribution is 5.97. The Labute approximate surface area is 197 Å². The lowest BCUT2D eigenvalue weighted by molar-refractivity contribution is -0.0373. The van der Waals surface area contributed by atoms with E-state index in [1.54, 1.807) is 19.4 Å². The number of aryl methyl sites for hydroxylation is 1. The Morgan fingerprint density at radius 2 is 2.00 bits per heavy atom. The molecule has 2 aromatic heterocycles. The van der Waals surface area contributed by atoms with Crippen LogP contribution in [0.15, 0.2) is 30.6 Å². The summed E-state index contributed by atoms with van der Waals surface area (Å²) in [7, 11) is 1.61. The summed E-state index contributed by atoms with van der Waals surface area (Å²) in [5.41, 5.74) is 11.1. The average molecular weight is 462 g/mol. The van der Waals surface area contributed by atoms with Crippen molar-refractivity contribution in [3.8, 4) is 28.1 Å². The quantitative estimate of drug-likeness (QED) is 0.616. The van der Waals surface area contributed by atoms with Crippen molar-refractivity contribution < 1.29 is 19.1 Å². The zero-order chi connectivity index (χ0) is 24.0. The van der Waals surface area contributed by atoms with E-state index in [-0.39, 0.29) is 5.91 Å². The van der Waals surface area contributed by atoms with Crippen LogP contribution in [0.25, 0.3) is 22.4 Å². The number of amides is 2. The molecule has 0 saturated carbocycles. The molecule has 9 nitrogen and oxygen atoms in total. The molecule has 0 unspecified atom stereocenters. The largest absolute Gasteiger partial charge is 0.496 e. The van der Waals surface area contributed by atoms with Crippen molar-refractivity contribution in [2.24, 2.45) is 5.73 Å². The van der Waals surface area contributed by atoms with E-state index in [1.165, 1.54) is 6.20 Å². The summed E-state index contributed by atoms with van der Waals surface area (Å²) < 4.78 is 11.2. The van der Waals surface area contributed by atoms with Gasteiger partial charge < -0.3 is 20.1 Å². The molecule has 176 valence electrons. The predicted molar refractivity (Wildman–Crippen MR) is 126 cm³/mol. The molecule has 1 aromatic carbocycles. The first kappa shape index (κ1) is 22.1. The standard InChI is InChI=1S/C25H27N5O4/c1-25(2)13-34-7-6-30(25)24(32)22-17-5-4-14-9-20(33-3)18(10-19(14)21(17)28-29-22)15-8-16(23(26)31)12-27-11-15/h8-12H,4-7,13H2,1-3H3,(H2,26,31)(H,28,29). The highest BCUT2D eigenvalue weighted by Crippen LogP contribution is 2.41. The third-order valence-corrected chi connectivity index (χ3v) is 6.63. The van der Waals surface area contributed by atoms with Gasteiger partial charge in [-0.1, -0.05) is 0 Å². The Morgan fingerprint density at radius 3 is 2.74 bits per heavy atom. The number of primary amides is 1. The van der Waals surface area contributed by atoms with Gasteiger partial charge in [0.2, 0.25) is 5.91 Å². The number of ether oxygens (including phenoxy) is 2. The summed E-state index contributed by atoms with van der Waals surface area (Å²) in [6.45, 7) is 5.58. The molecule has 3 N–H and O–H groups in total. The van der Waals surface area contributed by atoms with Crippen molar-refractivity contribution in [2.45, 2.75) is 32.2 Å². The van der Waals surface area contributed by atoms with Crippen molar-refractivity contribution >= 4 is 11.8 Å². The normalized spacial score (nSPS) is 16.5. The number of aromatic amines is 1. The van der Waals surface area contributed by atoms with Gasteiger partial charge in [-0.2, -0.15) is 5.10 Å². The number of fused-ring (bicyclic) bond motifs is 3. The van der Waals surface area contributed by atoms with Crippen molar-refractivity contribution in [1.29, 1.82) is 0 Å². The highest BCUT2D eigenvalue weighted by Gasteiger charge is 2.37. The Morgan fingerprint density at radius 1 is 1.18 bits per heavy atom. The van der Waals surface area contributed by atoms with E-state index in [9.17, 15) is 9.59 Å². The molecule has 2 aliphatic rings. The van der Waals surface area contributed by atoms with Gasteiger partial charge >= 0.3 is 0 Å². The zero-order valence-electron chi connectivity index (χ0n) is 19.5. The SMILES string of the molecule is COc1cc2c(cc1-c1cncc(C(N)=O)c1)-c1n[nH]c(C(=O)N3CCOCC3(C)C)c1CC2. The molecule has 3 heterocycles. The summed E-state index contributed by atoms with van der Waals surface area (Å²) in [6, 6.07) is 5.68. The number of hydrogen-bond acceptors (Lipinski definition) is 6. The first-order chi connectivity index (χ1) is 16.3. The molecule has 3 aromatic rings. The van der Waals surface area contributed by atoms with Gasteiger partial charge in [-0.3, -0.25) is 19.7 Å². The summed E-state index contributed by atoms with van der Waals surface area (Å²) in [5, 5.41) is 7.58. The van der Waals surface area contributed by atoms with Crippen LogP contribution in [0.5, 0.6) is 5.75 Å². The van der Waals surface area contributed by atoms with Crippen molar-refractivity contribution in [1.82, 2.24) is 20.1 Å². The van der Waals surface area contributed by atoms with E-state index >= 15 is 0 Å². The molecule has 1 aliphatic heterocycles. The van der Waals surface area contributed by atoms with Gasteiger partial charge in [0.25, 0.3) is 5.91 Å². The Hall–Kier alpha value is -3.72. The van der Waals surface area contributed by atoms with Gasteiger partial charge in [-0.25, -0.2) is 0 Å². The van der Waals surface area contributed by atoms with Crippen LogP contribution in [0.3, 0.4) is 0 Å². The van der Waals surface area contributed by atoms with Crippen LogP contribution in [0, 0.1) is 0 Å². The molecule has 0 radical (unpaired) electrons. The number of aromatic nitrogens is 3. The second-order valence-electron chi connectivity index (χ2n) is 9.28. The molecule has 0 spiro atoms. The number of benzene rings is 1. The van der Waals surface area contributed by atoms with Crippen molar-refractivity contribution in [3.05, 3.63) is 53.0 Å². The number of morpholine rings is 1. The molecule has 0 atom stereocenters. The molecular weight excluding hydrogens is 434 g/mol. The fourth-order valence-electron chi connectivity index (χ4n) is 4.80. The first-order valence-corrected chi connectivity index (χ1v) is 11.2. The van der Waals surface area contributed by atoms with Crippen LogP contribution in [0.1, 0.15) is 45.8 Å². The minimum Gasteiger partial charge on any atom is -0.496 e. The predicted octanol–water partition coefficient (Wildman–Crippen LogP) is 2.60. The number of methoxy groups -OCH3 is 1. The molecule has 0 bridgehead atoms. The topological polar surface area (TPSA) is 123 Å². The van der Waals surface area contributed by atoms with Crippen LogP contribution in [0.4, 0.5) is 0 Å². The van der Waals surface area contributed by atoms with Gasteiger partial charge in [0.1, 0.15) is 11.4 Å². The Balaban J connectivity index is 1.58. The molecule has 1 saturated heterocycles. The van der Waals surface area contributed by atoms with Crippen molar-refractivity contribution in [3.63, 3.8) is 0 Å². The second kappa shape index (κ2) is 8.25. The van der Waals surface area contributed by atoms with Crippen LogP contribution in [0.2, 0.25) is 0 Å². The number of nitrogens with two attached hydrogens (primary N) is 1. The lowest BCUT2D eigenvalue weighted by Crippen LogP contribution is -2.55. The third-order valence-electron chi connectivity index (χ3n) is 6.63. The molecule has 1 aliphatic carbocycles. The lowest BCUT2D eigenvalue weighted by atomic mass is 9.86. The van der Waals surface area contributed by atoms with Gasteiger partial charge in [-0.05, 0) is 50.5 Å². The molecule has 9 heteroatoms. The fourth-order valence-corrected chi connectivity index (χ4v) is 4.80. The summed E-state index contributed by atoms with van der Waals surface area (Å²) >= 11 is 0. The number of carbonyl (C=O) groups excluding carboxylic acids is 2. The molecule has 5 rings (SSSR count). The second-order valence-corrected chi connectivity index (χ2v) is 9.28. The van der Waals surface area contributed by atoms with Gasteiger partial charge in [0.05, 0.1) is 37.1 Å². The van der Waals surface area contributed by atoms with E-state index in [0.717, 1.165) is 34.4 Å². The molecule has 34 heavy (non-hydrogen) atoms. The maximum absolute atomic E-state index is 13.5. The zero-order valence-corrected chi connectivity index (χ0v) is 19.5. The van der Waals surface area contributed by atoms with Crippen LogP contribution in [-0.4, -0.2) is 64.3 Å². The van der Waals surface area contributed by atoms with Crippen molar-refractivity contribution in [2.75, 3.05) is 26.9 Å². The van der Waals surface area contributed by atoms with Crippen LogP contribution < -0.4 is 10.5 Å². The van der Waals surface area contributed by atoms with E-state index in [0.29, 0.717) is 48.7 Å². The minimum absolute atomic E-state index is 0.0578. The van der Waals surface area contributed by atoms with Gasteiger partial charge in [0.15, 0.2) is 0 Å². The van der Waals surface area contributed by atoms with Crippen LogP contribution in [-0.2, 0) is 17.6 Å². The maximum Gasteiger partial charge on any atom is 0.272 e. The maximum atomic E-state index is 13.5. The monoisotopic (exact) mass is 461 g/mol. The van der Waals surface area contributed by atoms with E-state index in [1.807, 2.05) is 30.9 Å². The number of hydrogen-bond donors (Lipinski definition) is 2. The summed E-state index contributed by atoms with van der Waals surface area (Å²) in [4.78, 5) is 31.2. The summed E-state index contributed by atoms with van der Waals surface area (Å²) in [6.07, 6.45) is 4.56. The number of nitrogens with zero attached hydrogens (tertiary/aromatic N) is 3. The highest BCUT2D eigenvalue weighted by atomic mass is 16.5. The number of carbonyl (C=O) groups is 2. The first-order valence-electron chi connectivity index (χ1n) is 11.2. The molecular formula is C25H27N5O4. The lowest BCUT2D eigenvalue weighted by Gasteiger charge is -2.42. The number of pyridine rings is 1. The van der Waals surface area contributed by atoms with Gasteiger partial charge in [0, 0.05) is 41.2 Å². The number of H-pyrrole nitrogens is 1. The van der Waals surface area contributed by atoms with Crippen LogP contribution >= 0.6 is 0 Å². The summed E-state index contributed by atoms with van der Waals surface area (Å²) in [5.74, 6) is 0.0696. The molecule has 2 amide bonds. The van der Waals surface area contributed by atoms with E-state index < -0.39 is 11.4 Å². The Bertz CT molecular complexity index is 1300. The smallest absolute Gasteiger partial charge is 0.272 e. The van der Waals surface area contributed by atoms with Gasteiger partial charge in [-0.15, -0.1) is 0 Å². The Kier molecular flexibility index (Phi) is 5.36.